The first-order valence-corrected chi connectivity index (χ1v) is 8.49. The van der Waals surface area contributed by atoms with E-state index in [4.69, 9.17) is 4.74 Å². The molecule has 0 spiro atoms. The first kappa shape index (κ1) is 19.8. The number of nitrogens with zero attached hydrogens (tertiary/aromatic N) is 1. The van der Waals surface area contributed by atoms with Gasteiger partial charge in [-0.3, -0.25) is 4.90 Å². The Kier molecular flexibility index (Phi) is 5.44. The maximum atomic E-state index is 12.8. The van der Waals surface area contributed by atoms with Crippen molar-refractivity contribution in [2.75, 3.05) is 0 Å². The summed E-state index contributed by atoms with van der Waals surface area (Å²) < 4.78 is 5.51. The van der Waals surface area contributed by atoms with Crippen molar-refractivity contribution in [3.05, 3.63) is 0 Å². The number of amides is 1. The molecule has 0 bridgehead atoms. The standard InChI is InChI=1S/C18H33NO4/c1-12(2)19(15(22)23-16(4,5)6)18(14(20)21)10-9-17(7,8)11-13(18)3/h12-13H,9-11H2,1-8H3,(H,20,21). The first-order chi connectivity index (χ1) is 10.2. The van der Waals surface area contributed by atoms with Crippen LogP contribution in [0, 0.1) is 11.3 Å². The van der Waals surface area contributed by atoms with Crippen molar-refractivity contribution in [2.24, 2.45) is 11.3 Å². The lowest BCUT2D eigenvalue weighted by atomic mass is 9.63. The molecule has 0 aromatic heterocycles. The monoisotopic (exact) mass is 327 g/mol. The Labute approximate surface area is 140 Å². The Morgan fingerprint density at radius 2 is 1.74 bits per heavy atom. The molecule has 1 saturated carbocycles. The Morgan fingerprint density at radius 1 is 1.22 bits per heavy atom. The molecular weight excluding hydrogens is 294 g/mol. The van der Waals surface area contributed by atoms with Gasteiger partial charge in [0.15, 0.2) is 0 Å². The smallest absolute Gasteiger partial charge is 0.411 e. The summed E-state index contributed by atoms with van der Waals surface area (Å²) in [5.74, 6) is -1.07. The quantitative estimate of drug-likeness (QED) is 0.839. The van der Waals surface area contributed by atoms with Crippen molar-refractivity contribution in [1.29, 1.82) is 0 Å². The van der Waals surface area contributed by atoms with Crippen LogP contribution in [0.1, 0.15) is 74.7 Å². The molecule has 5 nitrogen and oxygen atoms in total. The fourth-order valence-electron chi connectivity index (χ4n) is 3.80. The fourth-order valence-corrected chi connectivity index (χ4v) is 3.80. The van der Waals surface area contributed by atoms with Gasteiger partial charge in [-0.05, 0) is 65.2 Å². The van der Waals surface area contributed by atoms with E-state index >= 15 is 0 Å². The van der Waals surface area contributed by atoms with E-state index in [0.29, 0.717) is 6.42 Å². The molecule has 0 heterocycles. The number of rotatable bonds is 3. The van der Waals surface area contributed by atoms with Gasteiger partial charge in [-0.2, -0.15) is 0 Å². The van der Waals surface area contributed by atoms with Gasteiger partial charge in [-0.25, -0.2) is 9.59 Å². The lowest BCUT2D eigenvalue weighted by molar-refractivity contribution is -0.162. The van der Waals surface area contributed by atoms with E-state index in [1.165, 1.54) is 4.90 Å². The second-order valence-corrected chi connectivity index (χ2v) is 8.94. The summed E-state index contributed by atoms with van der Waals surface area (Å²) in [6.45, 7) is 15.3. The van der Waals surface area contributed by atoms with E-state index in [2.05, 4.69) is 13.8 Å². The van der Waals surface area contributed by atoms with E-state index in [9.17, 15) is 14.7 Å². The maximum absolute atomic E-state index is 12.8. The summed E-state index contributed by atoms with van der Waals surface area (Å²) >= 11 is 0. The summed E-state index contributed by atoms with van der Waals surface area (Å²) in [7, 11) is 0. The van der Waals surface area contributed by atoms with Crippen LogP contribution in [0.4, 0.5) is 4.79 Å². The minimum absolute atomic E-state index is 0.0922. The molecule has 1 amide bonds. The number of hydrogen-bond acceptors (Lipinski definition) is 3. The summed E-state index contributed by atoms with van der Waals surface area (Å²) in [5, 5.41) is 10.0. The van der Waals surface area contributed by atoms with E-state index < -0.39 is 23.2 Å². The highest BCUT2D eigenvalue weighted by atomic mass is 16.6. The van der Waals surface area contributed by atoms with Crippen LogP contribution < -0.4 is 0 Å². The zero-order valence-corrected chi connectivity index (χ0v) is 15.9. The van der Waals surface area contributed by atoms with Gasteiger partial charge in [-0.1, -0.05) is 20.8 Å². The number of carboxylic acid groups (broad SMARTS) is 1. The fraction of sp³-hybridized carbons (Fsp3) is 0.889. The molecule has 0 saturated heterocycles. The maximum Gasteiger partial charge on any atom is 0.411 e. The van der Waals surface area contributed by atoms with E-state index in [0.717, 1.165) is 12.8 Å². The molecular formula is C18H33NO4. The van der Waals surface area contributed by atoms with Gasteiger partial charge in [0.05, 0.1) is 0 Å². The van der Waals surface area contributed by atoms with Crippen LogP contribution in [0.3, 0.4) is 0 Å². The van der Waals surface area contributed by atoms with Gasteiger partial charge < -0.3 is 9.84 Å². The molecule has 1 aliphatic rings. The summed E-state index contributed by atoms with van der Waals surface area (Å²) in [6, 6.07) is -0.246. The zero-order chi connectivity index (χ0) is 18.2. The predicted molar refractivity (Wildman–Crippen MR) is 90.4 cm³/mol. The molecule has 23 heavy (non-hydrogen) atoms. The Bertz CT molecular complexity index is 464. The highest BCUT2D eigenvalue weighted by Crippen LogP contribution is 2.47. The van der Waals surface area contributed by atoms with Crippen LogP contribution in [-0.2, 0) is 9.53 Å². The van der Waals surface area contributed by atoms with Crippen molar-refractivity contribution in [3.8, 4) is 0 Å². The number of hydrogen-bond donors (Lipinski definition) is 1. The van der Waals surface area contributed by atoms with E-state index in [-0.39, 0.29) is 17.4 Å². The summed E-state index contributed by atoms with van der Waals surface area (Å²) in [5.41, 5.74) is -1.76. The van der Waals surface area contributed by atoms with Crippen molar-refractivity contribution >= 4 is 12.1 Å². The van der Waals surface area contributed by atoms with Crippen molar-refractivity contribution in [3.63, 3.8) is 0 Å². The molecule has 1 rings (SSSR count). The van der Waals surface area contributed by atoms with E-state index in [1.807, 2.05) is 20.8 Å². The third kappa shape index (κ3) is 4.18. The average molecular weight is 327 g/mol. The van der Waals surface area contributed by atoms with Crippen molar-refractivity contribution in [1.82, 2.24) is 4.90 Å². The summed E-state index contributed by atoms with van der Waals surface area (Å²) in [4.78, 5) is 26.5. The molecule has 2 unspecified atom stereocenters. The molecule has 1 N–H and O–H groups in total. The first-order valence-electron chi connectivity index (χ1n) is 8.49. The van der Waals surface area contributed by atoms with Crippen LogP contribution in [0.2, 0.25) is 0 Å². The van der Waals surface area contributed by atoms with Crippen LogP contribution >= 0.6 is 0 Å². The zero-order valence-electron chi connectivity index (χ0n) is 15.9. The number of carbonyl (C=O) groups is 2. The number of ether oxygens (including phenoxy) is 1. The largest absolute Gasteiger partial charge is 0.479 e. The molecule has 2 atom stereocenters. The van der Waals surface area contributed by atoms with Crippen molar-refractivity contribution < 1.29 is 19.4 Å². The SMILES string of the molecule is CC(C)N(C(=O)OC(C)(C)C)C1(C(=O)O)CCC(C)(C)CC1C. The average Bonchev–Trinajstić information content (AvgIpc) is 2.28. The van der Waals surface area contributed by atoms with Gasteiger partial charge in [0.2, 0.25) is 0 Å². The van der Waals surface area contributed by atoms with E-state index in [1.54, 1.807) is 20.8 Å². The molecule has 1 fully saturated rings. The third-order valence-corrected chi connectivity index (χ3v) is 4.76. The third-order valence-electron chi connectivity index (χ3n) is 4.76. The number of aliphatic carboxylic acids is 1. The molecule has 0 aromatic carbocycles. The molecule has 0 aromatic rings. The van der Waals surface area contributed by atoms with Crippen LogP contribution in [0.25, 0.3) is 0 Å². The minimum Gasteiger partial charge on any atom is -0.479 e. The van der Waals surface area contributed by atoms with Gasteiger partial charge in [0.1, 0.15) is 11.1 Å². The summed E-state index contributed by atoms with van der Waals surface area (Å²) in [6.07, 6.45) is 1.45. The lowest BCUT2D eigenvalue weighted by Gasteiger charge is -2.52. The second-order valence-electron chi connectivity index (χ2n) is 8.94. The second kappa shape index (κ2) is 6.33. The van der Waals surface area contributed by atoms with Crippen LogP contribution in [0.15, 0.2) is 0 Å². The molecule has 134 valence electrons. The minimum atomic E-state index is -1.20. The predicted octanol–water partition coefficient (Wildman–Crippen LogP) is 4.30. The van der Waals surface area contributed by atoms with Gasteiger partial charge in [0, 0.05) is 6.04 Å². The molecule has 0 radical (unpaired) electrons. The van der Waals surface area contributed by atoms with Crippen LogP contribution in [0.5, 0.6) is 0 Å². The van der Waals surface area contributed by atoms with Crippen molar-refractivity contribution in [2.45, 2.75) is 91.8 Å². The lowest BCUT2D eigenvalue weighted by Crippen LogP contribution is -2.65. The van der Waals surface area contributed by atoms with Gasteiger partial charge in [-0.15, -0.1) is 0 Å². The topological polar surface area (TPSA) is 66.8 Å². The van der Waals surface area contributed by atoms with Gasteiger partial charge >= 0.3 is 12.1 Å². The van der Waals surface area contributed by atoms with Crippen LogP contribution in [-0.4, -0.2) is 39.3 Å². The Hall–Kier alpha value is -1.26. The molecule has 0 aliphatic heterocycles. The highest BCUT2D eigenvalue weighted by Gasteiger charge is 2.56. The number of carboxylic acids is 1. The Balaban J connectivity index is 3.28. The Morgan fingerprint density at radius 3 is 2.09 bits per heavy atom. The highest BCUT2D eigenvalue weighted by molar-refractivity contribution is 5.85. The van der Waals surface area contributed by atoms with Gasteiger partial charge in [0.25, 0.3) is 0 Å². The molecule has 5 heteroatoms. The normalized spacial score (nSPS) is 27.6. The number of carbonyl (C=O) groups excluding carboxylic acids is 1. The molecule has 1 aliphatic carbocycles.